The highest BCUT2D eigenvalue weighted by molar-refractivity contribution is 14.1. The third-order valence-electron chi connectivity index (χ3n) is 3.61. The number of rotatable bonds is 3. The molecule has 0 unspecified atom stereocenters. The van der Waals surface area contributed by atoms with Gasteiger partial charge in [0.15, 0.2) is 0 Å². The summed E-state index contributed by atoms with van der Waals surface area (Å²) in [5, 5.41) is 12.7. The molecule has 7 heteroatoms. The van der Waals surface area contributed by atoms with Crippen LogP contribution in [0.5, 0.6) is 0 Å². The molecule has 1 heterocycles. The van der Waals surface area contributed by atoms with Gasteiger partial charge in [0, 0.05) is 11.1 Å². The van der Waals surface area contributed by atoms with Gasteiger partial charge in [0.05, 0.1) is 34.0 Å². The molecule has 0 radical (unpaired) electrons. The van der Waals surface area contributed by atoms with Crippen LogP contribution in [0.3, 0.4) is 0 Å². The fourth-order valence-electron chi connectivity index (χ4n) is 2.43. The SMILES string of the molecule is C/C=C(\C#N)C(=O)c1cc2cc(C)c(NC(=O)OC(C)(C)C)cc2n1I. The molecule has 0 saturated carbocycles. The van der Waals surface area contributed by atoms with Crippen molar-refractivity contribution in [2.24, 2.45) is 0 Å². The largest absolute Gasteiger partial charge is 0.444 e. The van der Waals surface area contributed by atoms with Crippen LogP contribution in [0, 0.1) is 18.3 Å². The number of nitriles is 1. The molecule has 2 aromatic rings. The van der Waals surface area contributed by atoms with Crippen molar-refractivity contribution in [3.63, 3.8) is 0 Å². The van der Waals surface area contributed by atoms with Gasteiger partial charge in [0.1, 0.15) is 17.4 Å². The molecule has 1 amide bonds. The standard InChI is InChI=1S/C19H20IN3O3/c1-6-12(10-21)17(24)16-8-13-7-11(2)14(9-15(13)23(16)20)22-18(25)26-19(3,4)5/h6-9H,1-5H3,(H,22,25)/b12-6+. The second-order valence-electron chi connectivity index (χ2n) is 6.81. The van der Waals surface area contributed by atoms with E-state index >= 15 is 0 Å². The van der Waals surface area contributed by atoms with Crippen LogP contribution in [-0.4, -0.2) is 20.3 Å². The van der Waals surface area contributed by atoms with Crippen molar-refractivity contribution < 1.29 is 14.3 Å². The van der Waals surface area contributed by atoms with Crippen LogP contribution < -0.4 is 5.32 Å². The van der Waals surface area contributed by atoms with E-state index in [1.807, 2.05) is 41.9 Å². The minimum absolute atomic E-state index is 0.0922. The lowest BCUT2D eigenvalue weighted by Gasteiger charge is -2.20. The number of allylic oxidation sites excluding steroid dienone is 2. The molecular weight excluding hydrogens is 445 g/mol. The average Bonchev–Trinajstić information content (AvgIpc) is 2.83. The molecule has 0 bridgehead atoms. The van der Waals surface area contributed by atoms with Gasteiger partial charge in [-0.2, -0.15) is 5.26 Å². The van der Waals surface area contributed by atoms with Crippen molar-refractivity contribution in [1.82, 2.24) is 2.78 Å². The Morgan fingerprint density at radius 2 is 1.96 bits per heavy atom. The van der Waals surface area contributed by atoms with Crippen LogP contribution >= 0.6 is 22.9 Å². The topological polar surface area (TPSA) is 84.1 Å². The summed E-state index contributed by atoms with van der Waals surface area (Å²) in [6.07, 6.45) is 0.959. The Kier molecular flexibility index (Phi) is 5.76. The highest BCUT2D eigenvalue weighted by Crippen LogP contribution is 2.30. The molecule has 1 N–H and O–H groups in total. The number of carbonyl (C=O) groups excluding carboxylic acids is 2. The zero-order valence-electron chi connectivity index (χ0n) is 15.3. The fourth-order valence-corrected chi connectivity index (χ4v) is 3.20. The van der Waals surface area contributed by atoms with Gasteiger partial charge in [-0.15, -0.1) is 0 Å². The molecule has 1 aromatic carbocycles. The summed E-state index contributed by atoms with van der Waals surface area (Å²) < 4.78 is 6.98. The number of nitrogens with zero attached hydrogens (tertiary/aromatic N) is 2. The van der Waals surface area contributed by atoms with E-state index in [2.05, 4.69) is 5.32 Å². The Labute approximate surface area is 166 Å². The zero-order chi connectivity index (χ0) is 19.6. The Morgan fingerprint density at radius 3 is 2.50 bits per heavy atom. The average molecular weight is 465 g/mol. The van der Waals surface area contributed by atoms with Crippen molar-refractivity contribution in [1.29, 1.82) is 5.26 Å². The van der Waals surface area contributed by atoms with Gasteiger partial charge >= 0.3 is 6.09 Å². The Bertz CT molecular complexity index is 959. The van der Waals surface area contributed by atoms with E-state index in [9.17, 15) is 9.59 Å². The first-order valence-electron chi connectivity index (χ1n) is 8.00. The molecule has 1 aromatic heterocycles. The number of hydrogen-bond donors (Lipinski definition) is 1. The Hall–Kier alpha value is -2.34. The number of fused-ring (bicyclic) bond motifs is 1. The van der Waals surface area contributed by atoms with Crippen LogP contribution in [0.1, 0.15) is 43.7 Å². The molecule has 0 saturated heterocycles. The highest BCUT2D eigenvalue weighted by Gasteiger charge is 2.20. The van der Waals surface area contributed by atoms with Crippen molar-refractivity contribution in [3.05, 3.63) is 41.1 Å². The van der Waals surface area contributed by atoms with Gasteiger partial charge in [-0.3, -0.25) is 12.9 Å². The lowest BCUT2D eigenvalue weighted by Crippen LogP contribution is -2.27. The second-order valence-corrected chi connectivity index (χ2v) is 7.77. The molecular formula is C19H20IN3O3. The number of benzene rings is 1. The smallest absolute Gasteiger partial charge is 0.412 e. The first-order valence-corrected chi connectivity index (χ1v) is 8.97. The molecule has 2 rings (SSSR count). The summed E-state index contributed by atoms with van der Waals surface area (Å²) >= 11 is 2.01. The van der Waals surface area contributed by atoms with E-state index in [-0.39, 0.29) is 11.4 Å². The van der Waals surface area contributed by atoms with E-state index in [0.717, 1.165) is 16.5 Å². The van der Waals surface area contributed by atoms with Gasteiger partial charge < -0.3 is 4.74 Å². The number of Topliss-reactive ketones (excluding diaryl/α,β-unsaturated/α-hetero) is 1. The van der Waals surface area contributed by atoms with Crippen LogP contribution in [0.25, 0.3) is 10.9 Å². The molecule has 6 nitrogen and oxygen atoms in total. The molecule has 136 valence electrons. The Morgan fingerprint density at radius 1 is 1.31 bits per heavy atom. The van der Waals surface area contributed by atoms with E-state index < -0.39 is 11.7 Å². The van der Waals surface area contributed by atoms with Crippen molar-refractivity contribution >= 4 is 51.3 Å². The summed E-state index contributed by atoms with van der Waals surface area (Å²) in [7, 11) is 0. The van der Waals surface area contributed by atoms with E-state index in [1.165, 1.54) is 6.08 Å². The monoisotopic (exact) mass is 465 g/mol. The summed E-state index contributed by atoms with van der Waals surface area (Å²) in [6.45, 7) is 8.91. The van der Waals surface area contributed by atoms with E-state index in [1.54, 1.807) is 42.6 Å². The molecule has 0 spiro atoms. The number of hydrogen-bond acceptors (Lipinski definition) is 4. The van der Waals surface area contributed by atoms with Crippen LogP contribution in [0.4, 0.5) is 10.5 Å². The summed E-state index contributed by atoms with van der Waals surface area (Å²) in [5.74, 6) is -0.333. The molecule has 0 aliphatic rings. The lowest BCUT2D eigenvalue weighted by atomic mass is 10.1. The number of ketones is 1. The van der Waals surface area contributed by atoms with Crippen LogP contribution in [0.15, 0.2) is 29.8 Å². The normalized spacial score (nSPS) is 12.0. The van der Waals surface area contributed by atoms with Crippen LogP contribution in [-0.2, 0) is 4.74 Å². The summed E-state index contributed by atoms with van der Waals surface area (Å²) in [5.41, 5.74) is 2.12. The number of anilines is 1. The quantitative estimate of drug-likeness (QED) is 0.294. The third-order valence-corrected chi connectivity index (χ3v) is 4.65. The van der Waals surface area contributed by atoms with Gasteiger partial charge in [0.2, 0.25) is 5.78 Å². The van der Waals surface area contributed by atoms with Crippen molar-refractivity contribution in [2.45, 2.75) is 40.2 Å². The first kappa shape index (κ1) is 20.0. The van der Waals surface area contributed by atoms with E-state index in [0.29, 0.717) is 11.4 Å². The maximum absolute atomic E-state index is 12.5. The van der Waals surface area contributed by atoms with Crippen molar-refractivity contribution in [3.8, 4) is 6.07 Å². The van der Waals surface area contributed by atoms with Crippen molar-refractivity contribution in [2.75, 3.05) is 5.32 Å². The number of amides is 1. The molecule has 0 aliphatic heterocycles. The predicted octanol–water partition coefficient (Wildman–Crippen LogP) is 5.15. The number of aromatic nitrogens is 1. The van der Waals surface area contributed by atoms with Gasteiger partial charge in [-0.25, -0.2) is 4.79 Å². The zero-order valence-corrected chi connectivity index (χ0v) is 17.5. The molecule has 0 aliphatic carbocycles. The minimum Gasteiger partial charge on any atom is -0.444 e. The predicted molar refractivity (Wildman–Crippen MR) is 110 cm³/mol. The lowest BCUT2D eigenvalue weighted by molar-refractivity contribution is 0.0635. The third kappa shape index (κ3) is 4.25. The highest BCUT2D eigenvalue weighted by atomic mass is 127. The van der Waals surface area contributed by atoms with Gasteiger partial charge in [-0.05, 0) is 58.4 Å². The fraction of sp³-hybridized carbons (Fsp3) is 0.316. The minimum atomic E-state index is -0.592. The van der Waals surface area contributed by atoms with E-state index in [4.69, 9.17) is 10.00 Å². The summed E-state index contributed by atoms with van der Waals surface area (Å²) in [4.78, 5) is 24.5. The van der Waals surface area contributed by atoms with Gasteiger partial charge in [0.25, 0.3) is 0 Å². The van der Waals surface area contributed by atoms with Crippen LogP contribution in [0.2, 0.25) is 0 Å². The maximum atomic E-state index is 12.5. The maximum Gasteiger partial charge on any atom is 0.412 e. The number of ether oxygens (including phenoxy) is 1. The number of carbonyl (C=O) groups is 2. The number of halogens is 1. The molecule has 26 heavy (non-hydrogen) atoms. The summed E-state index contributed by atoms with van der Waals surface area (Å²) in [6, 6.07) is 7.33. The second kappa shape index (κ2) is 7.50. The first-order chi connectivity index (χ1) is 12.1. The molecule has 0 fully saturated rings. The van der Waals surface area contributed by atoms with Gasteiger partial charge in [-0.1, -0.05) is 6.08 Å². The molecule has 0 atom stereocenters. The number of nitrogens with one attached hydrogen (secondary N) is 1. The number of aryl methyl sites for hydroxylation is 1. The Balaban J connectivity index is 2.45.